The third kappa shape index (κ3) is 2.46. The number of para-hydroxylation sites is 2. The van der Waals surface area contributed by atoms with Gasteiger partial charge >= 0.3 is 0 Å². The molecular formula is C16H15N3O. The number of fused-ring (bicyclic) bond motifs is 1. The topological polar surface area (TPSA) is 49.2 Å². The molecule has 100 valence electrons. The normalized spacial score (nSPS) is 10.7. The minimum absolute atomic E-state index is 0.0467. The van der Waals surface area contributed by atoms with E-state index in [2.05, 4.69) is 9.97 Å². The highest BCUT2D eigenvalue weighted by molar-refractivity contribution is 5.79. The molecule has 0 amide bonds. The highest BCUT2D eigenvalue weighted by Gasteiger charge is 2.11. The highest BCUT2D eigenvalue weighted by Crippen LogP contribution is 2.22. The van der Waals surface area contributed by atoms with E-state index in [-0.39, 0.29) is 6.61 Å². The van der Waals surface area contributed by atoms with Gasteiger partial charge in [0.05, 0.1) is 12.1 Å². The molecule has 3 rings (SSSR count). The van der Waals surface area contributed by atoms with E-state index in [4.69, 9.17) is 0 Å². The van der Waals surface area contributed by atoms with Gasteiger partial charge in [-0.25, -0.2) is 9.97 Å². The van der Waals surface area contributed by atoms with Gasteiger partial charge in [0.15, 0.2) is 0 Å². The molecule has 0 aliphatic heterocycles. The predicted molar refractivity (Wildman–Crippen MR) is 80.1 cm³/mol. The molecule has 0 aliphatic rings. The van der Waals surface area contributed by atoms with Crippen LogP contribution in [0.3, 0.4) is 0 Å². The van der Waals surface area contributed by atoms with Crippen molar-refractivity contribution in [2.45, 2.75) is 0 Å². The smallest absolute Gasteiger partial charge is 0.230 e. The number of benzene rings is 2. The third-order valence-corrected chi connectivity index (χ3v) is 3.11. The van der Waals surface area contributed by atoms with Gasteiger partial charge in [-0.2, -0.15) is 0 Å². The summed E-state index contributed by atoms with van der Waals surface area (Å²) in [6.45, 7) is 0.507. The molecule has 4 nitrogen and oxygen atoms in total. The lowest BCUT2D eigenvalue weighted by atomic mass is 10.2. The molecule has 0 radical (unpaired) electrons. The molecular weight excluding hydrogens is 250 g/mol. The summed E-state index contributed by atoms with van der Waals surface area (Å²) in [6.07, 6.45) is 1.81. The van der Waals surface area contributed by atoms with Gasteiger partial charge < -0.3 is 10.0 Å². The maximum absolute atomic E-state index is 9.28. The van der Waals surface area contributed by atoms with Crippen LogP contribution >= 0.6 is 0 Å². The first-order chi connectivity index (χ1) is 9.88. The average Bonchev–Trinajstić information content (AvgIpc) is 2.53. The van der Waals surface area contributed by atoms with Gasteiger partial charge in [0.25, 0.3) is 0 Å². The van der Waals surface area contributed by atoms with Crippen molar-refractivity contribution in [3.05, 3.63) is 60.8 Å². The minimum Gasteiger partial charge on any atom is -0.395 e. The maximum atomic E-state index is 9.28. The van der Waals surface area contributed by atoms with Crippen LogP contribution in [0.5, 0.6) is 0 Å². The van der Waals surface area contributed by atoms with Gasteiger partial charge in [-0.3, -0.25) is 0 Å². The molecule has 3 aromatic rings. The Morgan fingerprint density at radius 2 is 1.70 bits per heavy atom. The van der Waals surface area contributed by atoms with Gasteiger partial charge in [0, 0.05) is 23.8 Å². The van der Waals surface area contributed by atoms with Crippen molar-refractivity contribution in [3.63, 3.8) is 0 Å². The quantitative estimate of drug-likeness (QED) is 0.788. The van der Waals surface area contributed by atoms with Crippen LogP contribution in [0.25, 0.3) is 10.9 Å². The molecule has 1 N–H and O–H groups in total. The fraction of sp³-hybridized carbons (Fsp3) is 0.125. The Morgan fingerprint density at radius 3 is 2.50 bits per heavy atom. The number of rotatable bonds is 4. The summed E-state index contributed by atoms with van der Waals surface area (Å²) in [4.78, 5) is 10.9. The van der Waals surface area contributed by atoms with E-state index < -0.39 is 0 Å². The van der Waals surface area contributed by atoms with Crippen molar-refractivity contribution in [3.8, 4) is 0 Å². The van der Waals surface area contributed by atoms with Crippen molar-refractivity contribution in [2.24, 2.45) is 0 Å². The first-order valence-corrected chi connectivity index (χ1v) is 6.54. The molecule has 2 aromatic carbocycles. The number of aliphatic hydroxyl groups excluding tert-OH is 1. The molecule has 20 heavy (non-hydrogen) atoms. The fourth-order valence-electron chi connectivity index (χ4n) is 2.14. The summed E-state index contributed by atoms with van der Waals surface area (Å²) < 4.78 is 0. The molecule has 0 bridgehead atoms. The summed E-state index contributed by atoms with van der Waals surface area (Å²) >= 11 is 0. The van der Waals surface area contributed by atoms with Gasteiger partial charge in [-0.15, -0.1) is 0 Å². The van der Waals surface area contributed by atoms with E-state index in [1.54, 1.807) is 0 Å². The lowest BCUT2D eigenvalue weighted by molar-refractivity contribution is 0.305. The molecule has 0 unspecified atom stereocenters. The zero-order valence-electron chi connectivity index (χ0n) is 11.0. The second-order valence-corrected chi connectivity index (χ2v) is 4.44. The molecule has 1 aromatic heterocycles. The van der Waals surface area contributed by atoms with E-state index in [1.165, 1.54) is 0 Å². The SMILES string of the molecule is OCCN(c1ccccc1)c1ncc2ccccc2n1. The maximum Gasteiger partial charge on any atom is 0.230 e. The minimum atomic E-state index is 0.0467. The lowest BCUT2D eigenvalue weighted by Gasteiger charge is -2.21. The first kappa shape index (κ1) is 12.6. The number of aromatic nitrogens is 2. The van der Waals surface area contributed by atoms with Crippen LogP contribution in [0.2, 0.25) is 0 Å². The number of nitrogens with zero attached hydrogens (tertiary/aromatic N) is 3. The Hall–Kier alpha value is -2.46. The van der Waals surface area contributed by atoms with Crippen molar-refractivity contribution in [1.29, 1.82) is 0 Å². The van der Waals surface area contributed by atoms with Crippen LogP contribution in [-0.4, -0.2) is 28.2 Å². The molecule has 0 aliphatic carbocycles. The Labute approximate surface area is 117 Å². The largest absolute Gasteiger partial charge is 0.395 e. The zero-order valence-corrected chi connectivity index (χ0v) is 11.0. The average molecular weight is 265 g/mol. The summed E-state index contributed by atoms with van der Waals surface area (Å²) in [7, 11) is 0. The Kier molecular flexibility index (Phi) is 3.56. The van der Waals surface area contributed by atoms with E-state index in [0.717, 1.165) is 16.6 Å². The van der Waals surface area contributed by atoms with Crippen molar-refractivity contribution in [2.75, 3.05) is 18.1 Å². The van der Waals surface area contributed by atoms with Crippen molar-refractivity contribution < 1.29 is 5.11 Å². The molecule has 0 spiro atoms. The van der Waals surface area contributed by atoms with Gasteiger partial charge in [-0.1, -0.05) is 36.4 Å². The Balaban J connectivity index is 2.05. The van der Waals surface area contributed by atoms with E-state index in [1.807, 2.05) is 65.7 Å². The van der Waals surface area contributed by atoms with E-state index >= 15 is 0 Å². The highest BCUT2D eigenvalue weighted by atomic mass is 16.3. The van der Waals surface area contributed by atoms with Crippen LogP contribution in [0.1, 0.15) is 0 Å². The van der Waals surface area contributed by atoms with Crippen LogP contribution < -0.4 is 4.90 Å². The van der Waals surface area contributed by atoms with Crippen LogP contribution in [0.15, 0.2) is 60.8 Å². The summed E-state index contributed by atoms with van der Waals surface area (Å²) in [5, 5.41) is 10.3. The van der Waals surface area contributed by atoms with Gasteiger partial charge in [0.2, 0.25) is 5.95 Å². The van der Waals surface area contributed by atoms with Gasteiger partial charge in [0.1, 0.15) is 0 Å². The van der Waals surface area contributed by atoms with Crippen LogP contribution in [0.4, 0.5) is 11.6 Å². The summed E-state index contributed by atoms with van der Waals surface area (Å²) in [5.74, 6) is 0.601. The second-order valence-electron chi connectivity index (χ2n) is 4.44. The second kappa shape index (κ2) is 5.67. The molecule has 1 heterocycles. The number of anilines is 2. The molecule has 0 fully saturated rings. The predicted octanol–water partition coefficient (Wildman–Crippen LogP) is 2.76. The summed E-state index contributed by atoms with van der Waals surface area (Å²) in [6, 6.07) is 17.7. The van der Waals surface area contributed by atoms with Crippen molar-refractivity contribution >= 4 is 22.5 Å². The van der Waals surface area contributed by atoms with E-state index in [9.17, 15) is 5.11 Å². The summed E-state index contributed by atoms with van der Waals surface area (Å²) in [5.41, 5.74) is 1.87. The molecule has 4 heteroatoms. The Bertz CT molecular complexity index is 700. The number of aliphatic hydroxyl groups is 1. The molecule has 0 atom stereocenters. The van der Waals surface area contributed by atoms with E-state index in [0.29, 0.717) is 12.5 Å². The third-order valence-electron chi connectivity index (χ3n) is 3.11. The van der Waals surface area contributed by atoms with Crippen LogP contribution in [0, 0.1) is 0 Å². The van der Waals surface area contributed by atoms with Gasteiger partial charge in [-0.05, 0) is 18.2 Å². The number of hydrogen-bond donors (Lipinski definition) is 1. The fourth-order valence-corrected chi connectivity index (χ4v) is 2.14. The lowest BCUT2D eigenvalue weighted by Crippen LogP contribution is -2.23. The standard InChI is InChI=1S/C16H15N3O/c20-11-10-19(14-7-2-1-3-8-14)16-17-12-13-6-4-5-9-15(13)18-16/h1-9,12,20H,10-11H2. The molecule has 0 saturated heterocycles. The zero-order chi connectivity index (χ0) is 13.8. The van der Waals surface area contributed by atoms with Crippen molar-refractivity contribution in [1.82, 2.24) is 9.97 Å². The number of hydrogen-bond acceptors (Lipinski definition) is 4. The first-order valence-electron chi connectivity index (χ1n) is 6.54. The van der Waals surface area contributed by atoms with Crippen LogP contribution in [-0.2, 0) is 0 Å². The monoisotopic (exact) mass is 265 g/mol. The molecule has 0 saturated carbocycles. The Morgan fingerprint density at radius 1 is 0.950 bits per heavy atom.